The fraction of sp³-hybridized carbons (Fsp3) is 0.462. The number of amides is 2. The number of rotatable bonds is 3. The van der Waals surface area contributed by atoms with E-state index >= 15 is 0 Å². The van der Waals surface area contributed by atoms with Gasteiger partial charge in [0.25, 0.3) is 0 Å². The van der Waals surface area contributed by atoms with Crippen LogP contribution < -0.4 is 10.6 Å². The van der Waals surface area contributed by atoms with Crippen LogP contribution in [0.1, 0.15) is 20.8 Å². The van der Waals surface area contributed by atoms with Gasteiger partial charge in [-0.15, -0.1) is 0 Å². The van der Waals surface area contributed by atoms with Gasteiger partial charge >= 0.3 is 6.03 Å². The Balaban J connectivity index is 2.41. The second kappa shape index (κ2) is 6.07. The predicted octanol–water partition coefficient (Wildman–Crippen LogP) is 2.87. The third kappa shape index (κ3) is 4.94. The first-order valence-corrected chi connectivity index (χ1v) is 6.15. The van der Waals surface area contributed by atoms with E-state index in [4.69, 9.17) is 11.6 Å². The molecular weight excluding hydrogens is 252 g/mol. The normalized spacial score (nSPS) is 12.9. The third-order valence-electron chi connectivity index (χ3n) is 2.56. The molecule has 18 heavy (non-hydrogen) atoms. The van der Waals surface area contributed by atoms with Crippen molar-refractivity contribution in [1.82, 2.24) is 5.32 Å². The summed E-state index contributed by atoms with van der Waals surface area (Å²) >= 11 is 5.74. The van der Waals surface area contributed by atoms with Crippen molar-refractivity contribution in [3.63, 3.8) is 0 Å². The summed E-state index contributed by atoms with van der Waals surface area (Å²) < 4.78 is 0. The van der Waals surface area contributed by atoms with E-state index in [0.29, 0.717) is 10.7 Å². The summed E-state index contributed by atoms with van der Waals surface area (Å²) in [5.74, 6) is 0. The van der Waals surface area contributed by atoms with Gasteiger partial charge in [-0.05, 0) is 29.7 Å². The van der Waals surface area contributed by atoms with E-state index in [1.807, 2.05) is 20.8 Å². The van der Waals surface area contributed by atoms with Gasteiger partial charge in [0.2, 0.25) is 0 Å². The van der Waals surface area contributed by atoms with Crippen molar-refractivity contribution in [2.75, 3.05) is 11.9 Å². The lowest BCUT2D eigenvalue weighted by molar-refractivity contribution is 0.0654. The molecular formula is C13H19ClN2O2. The summed E-state index contributed by atoms with van der Waals surface area (Å²) in [6, 6.07) is 6.47. The zero-order valence-corrected chi connectivity index (χ0v) is 11.6. The molecule has 4 nitrogen and oxygen atoms in total. The number of benzene rings is 1. The van der Waals surface area contributed by atoms with Gasteiger partial charge in [-0.1, -0.05) is 32.4 Å². The van der Waals surface area contributed by atoms with Crippen molar-refractivity contribution in [1.29, 1.82) is 0 Å². The third-order valence-corrected chi connectivity index (χ3v) is 2.81. The van der Waals surface area contributed by atoms with Crippen molar-refractivity contribution in [2.24, 2.45) is 5.41 Å². The number of urea groups is 1. The van der Waals surface area contributed by atoms with E-state index in [1.165, 1.54) is 0 Å². The monoisotopic (exact) mass is 270 g/mol. The summed E-state index contributed by atoms with van der Waals surface area (Å²) in [4.78, 5) is 11.6. The largest absolute Gasteiger partial charge is 0.391 e. The molecule has 1 atom stereocenters. The maximum absolute atomic E-state index is 11.6. The molecule has 0 saturated carbocycles. The van der Waals surface area contributed by atoms with Gasteiger partial charge in [0.05, 0.1) is 6.10 Å². The molecule has 2 amide bonds. The van der Waals surface area contributed by atoms with Crippen molar-refractivity contribution < 1.29 is 9.90 Å². The Morgan fingerprint density at radius 3 is 2.39 bits per heavy atom. The molecule has 0 radical (unpaired) electrons. The van der Waals surface area contributed by atoms with Gasteiger partial charge in [-0.3, -0.25) is 0 Å². The first-order valence-electron chi connectivity index (χ1n) is 5.77. The highest BCUT2D eigenvalue weighted by atomic mass is 35.5. The molecule has 0 aliphatic rings. The smallest absolute Gasteiger partial charge is 0.319 e. The minimum absolute atomic E-state index is 0.211. The lowest BCUT2D eigenvalue weighted by atomic mass is 9.89. The fourth-order valence-electron chi connectivity index (χ4n) is 1.20. The van der Waals surface area contributed by atoms with E-state index in [0.717, 1.165) is 0 Å². The van der Waals surface area contributed by atoms with Crippen molar-refractivity contribution in [3.8, 4) is 0 Å². The topological polar surface area (TPSA) is 61.4 Å². The fourth-order valence-corrected chi connectivity index (χ4v) is 1.33. The van der Waals surface area contributed by atoms with E-state index < -0.39 is 6.10 Å². The number of anilines is 1. The number of aliphatic hydroxyl groups excluding tert-OH is 1. The predicted molar refractivity (Wildman–Crippen MR) is 73.9 cm³/mol. The summed E-state index contributed by atoms with van der Waals surface area (Å²) in [5, 5.41) is 15.7. The number of hydrogen-bond acceptors (Lipinski definition) is 2. The van der Waals surface area contributed by atoms with E-state index in [9.17, 15) is 9.90 Å². The Morgan fingerprint density at radius 1 is 1.33 bits per heavy atom. The van der Waals surface area contributed by atoms with Crippen LogP contribution in [-0.4, -0.2) is 23.8 Å². The Labute approximate surface area is 112 Å². The molecule has 0 aromatic heterocycles. The Bertz CT molecular complexity index is 398. The van der Waals surface area contributed by atoms with Gasteiger partial charge in [-0.2, -0.15) is 0 Å². The highest BCUT2D eigenvalue weighted by molar-refractivity contribution is 6.30. The van der Waals surface area contributed by atoms with Gasteiger partial charge < -0.3 is 15.7 Å². The molecule has 0 aliphatic heterocycles. The number of hydrogen-bond donors (Lipinski definition) is 3. The molecule has 1 rings (SSSR count). The molecule has 5 heteroatoms. The lowest BCUT2D eigenvalue weighted by Gasteiger charge is -2.25. The number of nitrogens with one attached hydrogen (secondary N) is 2. The molecule has 0 heterocycles. The van der Waals surface area contributed by atoms with Crippen molar-refractivity contribution in [2.45, 2.75) is 26.9 Å². The van der Waals surface area contributed by atoms with E-state index in [-0.39, 0.29) is 18.0 Å². The van der Waals surface area contributed by atoms with E-state index in [2.05, 4.69) is 10.6 Å². The van der Waals surface area contributed by atoms with Crippen LogP contribution in [0.4, 0.5) is 10.5 Å². The summed E-state index contributed by atoms with van der Waals surface area (Å²) in [6.07, 6.45) is -0.589. The number of aliphatic hydroxyl groups is 1. The molecule has 1 aromatic carbocycles. The molecule has 0 spiro atoms. The summed E-state index contributed by atoms with van der Waals surface area (Å²) in [6.45, 7) is 5.95. The highest BCUT2D eigenvalue weighted by Gasteiger charge is 2.22. The minimum atomic E-state index is -0.589. The second-order valence-electron chi connectivity index (χ2n) is 5.22. The molecule has 0 saturated heterocycles. The molecule has 0 bridgehead atoms. The summed E-state index contributed by atoms with van der Waals surface area (Å²) in [7, 11) is 0. The van der Waals surface area contributed by atoms with E-state index in [1.54, 1.807) is 24.3 Å². The molecule has 100 valence electrons. The maximum atomic E-state index is 11.6. The standard InChI is InChI=1S/C13H19ClN2O2/c1-13(2,3)11(17)8-15-12(18)16-10-6-4-9(14)5-7-10/h4-7,11,17H,8H2,1-3H3,(H2,15,16,18). The lowest BCUT2D eigenvalue weighted by Crippen LogP contribution is -2.40. The molecule has 1 aromatic rings. The van der Waals surface area contributed by atoms with Crippen LogP contribution in [0.2, 0.25) is 5.02 Å². The Morgan fingerprint density at radius 2 is 1.89 bits per heavy atom. The van der Waals surface area contributed by atoms with Gasteiger partial charge in [0.15, 0.2) is 0 Å². The van der Waals surface area contributed by atoms with Gasteiger partial charge in [-0.25, -0.2) is 4.79 Å². The van der Waals surface area contributed by atoms with Crippen LogP contribution in [0.3, 0.4) is 0 Å². The van der Waals surface area contributed by atoms with Crippen LogP contribution in [0.15, 0.2) is 24.3 Å². The average Bonchev–Trinajstić information content (AvgIpc) is 2.28. The Hall–Kier alpha value is -1.26. The minimum Gasteiger partial charge on any atom is -0.391 e. The molecule has 0 fully saturated rings. The quantitative estimate of drug-likeness (QED) is 0.791. The zero-order chi connectivity index (χ0) is 13.8. The first kappa shape index (κ1) is 14.8. The number of carbonyl (C=O) groups excluding carboxylic acids is 1. The van der Waals surface area contributed by atoms with Crippen molar-refractivity contribution >= 4 is 23.3 Å². The summed E-state index contributed by atoms with van der Waals surface area (Å²) in [5.41, 5.74) is 0.398. The zero-order valence-electron chi connectivity index (χ0n) is 10.8. The molecule has 0 aliphatic carbocycles. The first-order chi connectivity index (χ1) is 8.29. The highest BCUT2D eigenvalue weighted by Crippen LogP contribution is 2.18. The molecule has 3 N–H and O–H groups in total. The average molecular weight is 271 g/mol. The molecule has 1 unspecified atom stereocenters. The maximum Gasteiger partial charge on any atom is 0.319 e. The van der Waals surface area contributed by atoms with Gasteiger partial charge in [0.1, 0.15) is 0 Å². The SMILES string of the molecule is CC(C)(C)C(O)CNC(=O)Nc1ccc(Cl)cc1. The van der Waals surface area contributed by atoms with Crippen LogP contribution >= 0.6 is 11.6 Å². The van der Waals surface area contributed by atoms with Crippen LogP contribution in [0.25, 0.3) is 0 Å². The number of carbonyl (C=O) groups is 1. The Kier molecular flexibility index (Phi) is 4.99. The number of halogens is 1. The van der Waals surface area contributed by atoms with Crippen LogP contribution in [0.5, 0.6) is 0 Å². The van der Waals surface area contributed by atoms with Crippen LogP contribution in [0, 0.1) is 5.41 Å². The second-order valence-corrected chi connectivity index (χ2v) is 5.66. The van der Waals surface area contributed by atoms with Gasteiger partial charge in [0, 0.05) is 17.3 Å². The van der Waals surface area contributed by atoms with Crippen LogP contribution in [-0.2, 0) is 0 Å². The van der Waals surface area contributed by atoms with Crippen molar-refractivity contribution in [3.05, 3.63) is 29.3 Å².